The number of aliphatic hydroxyl groups is 1. The number of methoxy groups -OCH3 is 2. The summed E-state index contributed by atoms with van der Waals surface area (Å²) in [4.78, 5) is 1.30. The first-order valence-electron chi connectivity index (χ1n) is 8.44. The van der Waals surface area contributed by atoms with Crippen molar-refractivity contribution in [1.82, 2.24) is 20.2 Å². The van der Waals surface area contributed by atoms with Crippen LogP contribution in [-0.4, -0.2) is 52.2 Å². The summed E-state index contributed by atoms with van der Waals surface area (Å²) in [6.45, 7) is 0.176. The van der Waals surface area contributed by atoms with E-state index in [1.165, 1.54) is 4.80 Å². The number of tetrazole rings is 1. The van der Waals surface area contributed by atoms with Crippen LogP contribution in [0.4, 0.5) is 0 Å². The molecule has 0 aliphatic rings. The molecule has 3 aromatic rings. The smallest absolute Gasteiger partial charge is 0.205 e. The maximum atomic E-state index is 10.2. The number of aliphatic hydroxyl groups excluding tert-OH is 1. The fraction of sp³-hybridized carbons (Fsp3) is 0.263. The van der Waals surface area contributed by atoms with Crippen LogP contribution in [0.15, 0.2) is 42.5 Å². The van der Waals surface area contributed by atoms with E-state index in [0.29, 0.717) is 34.2 Å². The maximum Gasteiger partial charge on any atom is 0.205 e. The largest absolute Gasteiger partial charge is 0.493 e. The number of ether oxygens (including phenoxy) is 3. The molecule has 1 N–H and O–H groups in total. The molecule has 0 fully saturated rings. The van der Waals surface area contributed by atoms with Crippen LogP contribution in [0.3, 0.4) is 0 Å². The van der Waals surface area contributed by atoms with Gasteiger partial charge >= 0.3 is 0 Å². The Labute approximate surface area is 161 Å². The molecule has 1 heterocycles. The van der Waals surface area contributed by atoms with Crippen LogP contribution in [0.5, 0.6) is 17.2 Å². The number of rotatable bonds is 8. The molecule has 9 nitrogen and oxygen atoms in total. The van der Waals surface area contributed by atoms with E-state index in [4.69, 9.17) is 19.5 Å². The molecular formula is C19H19N5O4. The van der Waals surface area contributed by atoms with Crippen molar-refractivity contribution in [2.75, 3.05) is 20.8 Å². The first kappa shape index (κ1) is 19.1. The van der Waals surface area contributed by atoms with Gasteiger partial charge in [0, 0.05) is 5.56 Å². The molecule has 0 amide bonds. The molecular weight excluding hydrogens is 362 g/mol. The summed E-state index contributed by atoms with van der Waals surface area (Å²) in [6.07, 6.45) is -0.830. The Morgan fingerprint density at radius 1 is 1.11 bits per heavy atom. The van der Waals surface area contributed by atoms with Crippen LogP contribution < -0.4 is 14.2 Å². The second-order valence-corrected chi connectivity index (χ2v) is 5.84. The van der Waals surface area contributed by atoms with Gasteiger partial charge in [0.25, 0.3) is 0 Å². The van der Waals surface area contributed by atoms with Gasteiger partial charge in [0.1, 0.15) is 18.5 Å². The van der Waals surface area contributed by atoms with E-state index >= 15 is 0 Å². The third-order valence-corrected chi connectivity index (χ3v) is 3.89. The lowest BCUT2D eigenvalue weighted by Crippen LogP contribution is -2.24. The molecule has 0 saturated carbocycles. The van der Waals surface area contributed by atoms with E-state index in [0.717, 1.165) is 0 Å². The maximum absolute atomic E-state index is 10.2. The van der Waals surface area contributed by atoms with Gasteiger partial charge in [-0.15, -0.1) is 10.2 Å². The highest BCUT2D eigenvalue weighted by Gasteiger charge is 2.13. The summed E-state index contributed by atoms with van der Waals surface area (Å²) in [5.41, 5.74) is 1.26. The van der Waals surface area contributed by atoms with Gasteiger partial charge in [-0.2, -0.15) is 10.1 Å². The van der Waals surface area contributed by atoms with Crippen LogP contribution in [0.1, 0.15) is 5.56 Å². The fourth-order valence-corrected chi connectivity index (χ4v) is 2.47. The standard InChI is InChI=1S/C19H19N5O4/c1-26-17-8-5-14(9-18(17)27-2)19-21-23-24(22-19)11-15(25)12-28-16-6-3-13(10-20)4-7-16/h3-9,15,25H,11-12H2,1-2H3. The van der Waals surface area contributed by atoms with Gasteiger partial charge in [-0.3, -0.25) is 0 Å². The second-order valence-electron chi connectivity index (χ2n) is 5.84. The SMILES string of the molecule is COc1ccc(-c2nnn(CC(O)COc3ccc(C#N)cc3)n2)cc1OC. The van der Waals surface area contributed by atoms with Crippen molar-refractivity contribution in [3.8, 4) is 34.7 Å². The number of hydrogen-bond donors (Lipinski definition) is 1. The summed E-state index contributed by atoms with van der Waals surface area (Å²) < 4.78 is 16.0. The molecule has 0 bridgehead atoms. The summed E-state index contributed by atoms with van der Waals surface area (Å²) in [6, 6.07) is 14.0. The summed E-state index contributed by atoms with van der Waals surface area (Å²) >= 11 is 0. The minimum absolute atomic E-state index is 0.0547. The van der Waals surface area contributed by atoms with Crippen molar-refractivity contribution in [1.29, 1.82) is 5.26 Å². The third kappa shape index (κ3) is 4.55. The minimum Gasteiger partial charge on any atom is -0.493 e. The number of nitriles is 1. The molecule has 2 aromatic carbocycles. The number of benzene rings is 2. The van der Waals surface area contributed by atoms with Gasteiger partial charge in [0.2, 0.25) is 5.82 Å². The lowest BCUT2D eigenvalue weighted by atomic mass is 10.2. The minimum atomic E-state index is -0.830. The Morgan fingerprint density at radius 3 is 2.54 bits per heavy atom. The molecule has 0 saturated heterocycles. The van der Waals surface area contributed by atoms with Gasteiger partial charge in [0.05, 0.1) is 32.4 Å². The van der Waals surface area contributed by atoms with Crippen LogP contribution >= 0.6 is 0 Å². The molecule has 28 heavy (non-hydrogen) atoms. The van der Waals surface area contributed by atoms with Gasteiger partial charge in [-0.1, -0.05) is 0 Å². The van der Waals surface area contributed by atoms with E-state index in [-0.39, 0.29) is 13.2 Å². The average Bonchev–Trinajstić information content (AvgIpc) is 3.20. The van der Waals surface area contributed by atoms with Crippen LogP contribution in [0, 0.1) is 11.3 Å². The molecule has 0 radical (unpaired) electrons. The van der Waals surface area contributed by atoms with Gasteiger partial charge < -0.3 is 19.3 Å². The van der Waals surface area contributed by atoms with E-state index in [1.807, 2.05) is 6.07 Å². The molecule has 0 aliphatic heterocycles. The predicted octanol–water partition coefficient (Wildman–Crippen LogP) is 1.67. The molecule has 1 atom stereocenters. The molecule has 1 aromatic heterocycles. The predicted molar refractivity (Wildman–Crippen MR) is 99.0 cm³/mol. The Bertz CT molecular complexity index is 965. The molecule has 9 heteroatoms. The van der Waals surface area contributed by atoms with E-state index in [1.54, 1.807) is 56.7 Å². The van der Waals surface area contributed by atoms with Crippen LogP contribution in [-0.2, 0) is 6.54 Å². The zero-order chi connectivity index (χ0) is 19.9. The highest BCUT2D eigenvalue weighted by atomic mass is 16.5. The van der Waals surface area contributed by atoms with Gasteiger partial charge in [-0.05, 0) is 47.7 Å². The monoisotopic (exact) mass is 381 g/mol. The van der Waals surface area contributed by atoms with Crippen molar-refractivity contribution in [2.45, 2.75) is 12.6 Å². The fourth-order valence-electron chi connectivity index (χ4n) is 2.47. The lowest BCUT2D eigenvalue weighted by molar-refractivity contribution is 0.0850. The number of hydrogen-bond acceptors (Lipinski definition) is 8. The third-order valence-electron chi connectivity index (χ3n) is 3.89. The van der Waals surface area contributed by atoms with Crippen molar-refractivity contribution >= 4 is 0 Å². The molecule has 0 aliphatic carbocycles. The quantitative estimate of drug-likeness (QED) is 0.626. The Morgan fingerprint density at radius 2 is 1.86 bits per heavy atom. The zero-order valence-corrected chi connectivity index (χ0v) is 15.4. The summed E-state index contributed by atoms with van der Waals surface area (Å²) in [5.74, 6) is 2.14. The van der Waals surface area contributed by atoms with Crippen LogP contribution in [0.25, 0.3) is 11.4 Å². The number of nitrogens with zero attached hydrogens (tertiary/aromatic N) is 5. The number of aromatic nitrogens is 4. The van der Waals surface area contributed by atoms with Crippen molar-refractivity contribution in [2.24, 2.45) is 0 Å². The van der Waals surface area contributed by atoms with Gasteiger partial charge in [-0.25, -0.2) is 0 Å². The Kier molecular flexibility index (Phi) is 6.04. The first-order chi connectivity index (χ1) is 13.6. The van der Waals surface area contributed by atoms with E-state index in [9.17, 15) is 5.11 Å². The van der Waals surface area contributed by atoms with Crippen molar-refractivity contribution in [3.63, 3.8) is 0 Å². The van der Waals surface area contributed by atoms with Gasteiger partial charge in [0.15, 0.2) is 11.5 Å². The molecule has 1 unspecified atom stereocenters. The molecule has 0 spiro atoms. The Balaban J connectivity index is 1.60. The first-order valence-corrected chi connectivity index (χ1v) is 8.44. The molecule has 3 rings (SSSR count). The van der Waals surface area contributed by atoms with E-state index in [2.05, 4.69) is 15.4 Å². The van der Waals surface area contributed by atoms with Crippen LogP contribution in [0.2, 0.25) is 0 Å². The highest BCUT2D eigenvalue weighted by molar-refractivity contribution is 5.60. The van der Waals surface area contributed by atoms with Crippen molar-refractivity contribution in [3.05, 3.63) is 48.0 Å². The van der Waals surface area contributed by atoms with Crippen molar-refractivity contribution < 1.29 is 19.3 Å². The normalized spacial score (nSPS) is 11.5. The summed E-state index contributed by atoms with van der Waals surface area (Å²) in [5, 5.41) is 31.2. The lowest BCUT2D eigenvalue weighted by Gasteiger charge is -2.11. The zero-order valence-electron chi connectivity index (χ0n) is 15.4. The van der Waals surface area contributed by atoms with E-state index < -0.39 is 6.10 Å². The average molecular weight is 381 g/mol. The topological polar surface area (TPSA) is 115 Å². The highest BCUT2D eigenvalue weighted by Crippen LogP contribution is 2.30. The molecule has 144 valence electrons. The summed E-state index contributed by atoms with van der Waals surface area (Å²) in [7, 11) is 3.11. The Hall–Kier alpha value is -3.64. The second kappa shape index (κ2) is 8.83.